The van der Waals surface area contributed by atoms with Gasteiger partial charge in [-0.3, -0.25) is 5.84 Å². The van der Waals surface area contributed by atoms with Crippen molar-refractivity contribution in [2.75, 3.05) is 5.43 Å². The molecular weight excluding hydrogens is 152 g/mol. The van der Waals surface area contributed by atoms with E-state index < -0.39 is 0 Å². The standard InChI is InChI=1S/C9H12N2O/c10-11-7-2-1-3-9(6-7)12-8-4-5-8/h1-3,6,8,11H,4-5,10H2. The molecule has 0 radical (unpaired) electrons. The third-order valence-corrected chi connectivity index (χ3v) is 1.83. The van der Waals surface area contributed by atoms with Gasteiger partial charge in [0, 0.05) is 6.07 Å². The van der Waals surface area contributed by atoms with Gasteiger partial charge in [-0.05, 0) is 25.0 Å². The molecule has 0 heterocycles. The van der Waals surface area contributed by atoms with E-state index in [1.54, 1.807) is 0 Å². The summed E-state index contributed by atoms with van der Waals surface area (Å²) in [6, 6.07) is 7.67. The highest BCUT2D eigenvalue weighted by Gasteiger charge is 2.23. The molecule has 64 valence electrons. The first kappa shape index (κ1) is 7.43. The minimum atomic E-state index is 0.443. The smallest absolute Gasteiger partial charge is 0.121 e. The van der Waals surface area contributed by atoms with Crippen LogP contribution in [0, 0.1) is 0 Å². The van der Waals surface area contributed by atoms with Gasteiger partial charge in [-0.15, -0.1) is 0 Å². The van der Waals surface area contributed by atoms with Crippen molar-refractivity contribution in [1.29, 1.82) is 0 Å². The van der Waals surface area contributed by atoms with Gasteiger partial charge in [0.25, 0.3) is 0 Å². The van der Waals surface area contributed by atoms with Crippen LogP contribution in [0.4, 0.5) is 5.69 Å². The van der Waals surface area contributed by atoms with Crippen LogP contribution < -0.4 is 16.0 Å². The van der Waals surface area contributed by atoms with Crippen molar-refractivity contribution in [3.8, 4) is 5.75 Å². The summed E-state index contributed by atoms with van der Waals surface area (Å²) in [5, 5.41) is 0. The summed E-state index contributed by atoms with van der Waals surface area (Å²) in [5.74, 6) is 6.16. The van der Waals surface area contributed by atoms with Crippen molar-refractivity contribution in [3.05, 3.63) is 24.3 Å². The molecule has 1 fully saturated rings. The van der Waals surface area contributed by atoms with Crippen molar-refractivity contribution in [1.82, 2.24) is 0 Å². The first-order valence-corrected chi connectivity index (χ1v) is 4.12. The third kappa shape index (κ3) is 1.68. The Labute approximate surface area is 71.5 Å². The zero-order valence-electron chi connectivity index (χ0n) is 6.79. The molecule has 1 aliphatic carbocycles. The Morgan fingerprint density at radius 2 is 2.25 bits per heavy atom. The van der Waals surface area contributed by atoms with E-state index in [2.05, 4.69) is 5.43 Å². The lowest BCUT2D eigenvalue weighted by Crippen LogP contribution is -2.06. The summed E-state index contributed by atoms with van der Waals surface area (Å²) in [6.07, 6.45) is 2.80. The summed E-state index contributed by atoms with van der Waals surface area (Å²) in [5.41, 5.74) is 3.46. The fraction of sp³-hybridized carbons (Fsp3) is 0.333. The van der Waals surface area contributed by atoms with E-state index in [1.165, 1.54) is 12.8 Å². The van der Waals surface area contributed by atoms with E-state index in [0.717, 1.165) is 11.4 Å². The lowest BCUT2D eigenvalue weighted by molar-refractivity contribution is 0.303. The fourth-order valence-electron chi connectivity index (χ4n) is 1.04. The molecule has 0 aliphatic heterocycles. The van der Waals surface area contributed by atoms with Gasteiger partial charge in [0.05, 0.1) is 11.8 Å². The molecular formula is C9H12N2O. The van der Waals surface area contributed by atoms with Gasteiger partial charge in [0.2, 0.25) is 0 Å². The summed E-state index contributed by atoms with van der Waals surface area (Å²) in [7, 11) is 0. The molecule has 0 unspecified atom stereocenters. The number of ether oxygens (including phenoxy) is 1. The van der Waals surface area contributed by atoms with Gasteiger partial charge >= 0.3 is 0 Å². The van der Waals surface area contributed by atoms with Crippen molar-refractivity contribution < 1.29 is 4.74 Å². The maximum absolute atomic E-state index is 5.57. The summed E-state index contributed by atoms with van der Waals surface area (Å²) in [4.78, 5) is 0. The molecule has 1 aliphatic rings. The molecule has 0 amide bonds. The van der Waals surface area contributed by atoms with Crippen LogP contribution in [0.15, 0.2) is 24.3 Å². The van der Waals surface area contributed by atoms with E-state index in [4.69, 9.17) is 10.6 Å². The number of hydrazine groups is 1. The van der Waals surface area contributed by atoms with Crippen LogP contribution in [-0.2, 0) is 0 Å². The van der Waals surface area contributed by atoms with Gasteiger partial charge in [0.15, 0.2) is 0 Å². The average Bonchev–Trinajstić information content (AvgIpc) is 2.89. The van der Waals surface area contributed by atoms with Gasteiger partial charge in [0.1, 0.15) is 5.75 Å². The molecule has 12 heavy (non-hydrogen) atoms. The number of nitrogens with two attached hydrogens (primary N) is 1. The molecule has 0 saturated heterocycles. The Bertz CT molecular complexity index is 271. The van der Waals surface area contributed by atoms with E-state index in [1.807, 2.05) is 24.3 Å². The Kier molecular flexibility index (Phi) is 1.87. The summed E-state index contributed by atoms with van der Waals surface area (Å²) >= 11 is 0. The van der Waals surface area contributed by atoms with Crippen molar-refractivity contribution in [3.63, 3.8) is 0 Å². The molecule has 0 spiro atoms. The highest BCUT2D eigenvalue weighted by atomic mass is 16.5. The molecule has 0 bridgehead atoms. The first-order chi connectivity index (χ1) is 5.88. The Morgan fingerprint density at radius 1 is 1.42 bits per heavy atom. The monoisotopic (exact) mass is 164 g/mol. The fourth-order valence-corrected chi connectivity index (χ4v) is 1.04. The van der Waals surface area contributed by atoms with Crippen LogP contribution in [0.2, 0.25) is 0 Å². The summed E-state index contributed by atoms with van der Waals surface area (Å²) in [6.45, 7) is 0. The van der Waals surface area contributed by atoms with Crippen LogP contribution in [0.3, 0.4) is 0 Å². The van der Waals surface area contributed by atoms with Crippen molar-refractivity contribution in [2.24, 2.45) is 5.84 Å². The van der Waals surface area contributed by atoms with Gasteiger partial charge in [-0.1, -0.05) is 6.07 Å². The zero-order valence-corrected chi connectivity index (χ0v) is 6.79. The zero-order chi connectivity index (χ0) is 8.39. The van der Waals surface area contributed by atoms with Gasteiger partial charge in [-0.25, -0.2) is 0 Å². The molecule has 1 aromatic carbocycles. The second-order valence-electron chi connectivity index (χ2n) is 2.99. The minimum Gasteiger partial charge on any atom is -0.490 e. The Morgan fingerprint density at radius 3 is 2.92 bits per heavy atom. The maximum Gasteiger partial charge on any atom is 0.121 e. The molecule has 1 saturated carbocycles. The number of nitrogens with one attached hydrogen (secondary N) is 1. The Balaban J connectivity index is 2.08. The highest BCUT2D eigenvalue weighted by molar-refractivity contribution is 5.47. The topological polar surface area (TPSA) is 47.3 Å². The third-order valence-electron chi connectivity index (χ3n) is 1.83. The second kappa shape index (κ2) is 3.03. The number of nitrogen functional groups attached to an aromatic ring is 1. The lowest BCUT2D eigenvalue weighted by Gasteiger charge is -2.05. The largest absolute Gasteiger partial charge is 0.490 e. The lowest BCUT2D eigenvalue weighted by atomic mass is 10.3. The van der Waals surface area contributed by atoms with Gasteiger partial charge in [-0.2, -0.15) is 0 Å². The maximum atomic E-state index is 5.57. The number of benzene rings is 1. The molecule has 3 heteroatoms. The Hall–Kier alpha value is -1.22. The van der Waals surface area contributed by atoms with E-state index >= 15 is 0 Å². The predicted molar refractivity (Wildman–Crippen MR) is 47.9 cm³/mol. The average molecular weight is 164 g/mol. The molecule has 3 nitrogen and oxygen atoms in total. The SMILES string of the molecule is NNc1cccc(OC2CC2)c1. The van der Waals surface area contributed by atoms with E-state index in [-0.39, 0.29) is 0 Å². The van der Waals surface area contributed by atoms with Crippen LogP contribution >= 0.6 is 0 Å². The summed E-state index contributed by atoms with van der Waals surface area (Å²) < 4.78 is 5.57. The quantitative estimate of drug-likeness (QED) is 0.526. The molecule has 0 aromatic heterocycles. The minimum absolute atomic E-state index is 0.443. The van der Waals surface area contributed by atoms with Crippen LogP contribution in [0.25, 0.3) is 0 Å². The second-order valence-corrected chi connectivity index (χ2v) is 2.99. The van der Waals surface area contributed by atoms with E-state index in [9.17, 15) is 0 Å². The molecule has 3 N–H and O–H groups in total. The highest BCUT2D eigenvalue weighted by Crippen LogP contribution is 2.27. The number of hydrogen-bond acceptors (Lipinski definition) is 3. The molecule has 1 aromatic rings. The van der Waals surface area contributed by atoms with Crippen LogP contribution in [-0.4, -0.2) is 6.10 Å². The molecule has 0 atom stereocenters. The van der Waals surface area contributed by atoms with Crippen LogP contribution in [0.1, 0.15) is 12.8 Å². The van der Waals surface area contributed by atoms with Crippen molar-refractivity contribution in [2.45, 2.75) is 18.9 Å². The number of rotatable bonds is 3. The molecule has 2 rings (SSSR count). The first-order valence-electron chi connectivity index (χ1n) is 4.12. The van der Waals surface area contributed by atoms with Crippen molar-refractivity contribution >= 4 is 5.69 Å². The van der Waals surface area contributed by atoms with Gasteiger partial charge < -0.3 is 10.2 Å². The predicted octanol–water partition coefficient (Wildman–Crippen LogP) is 1.51. The van der Waals surface area contributed by atoms with E-state index in [0.29, 0.717) is 6.10 Å². The number of anilines is 1. The normalized spacial score (nSPS) is 15.8. The van der Waals surface area contributed by atoms with Crippen LogP contribution in [0.5, 0.6) is 5.75 Å². The number of hydrogen-bond donors (Lipinski definition) is 2.